The van der Waals surface area contributed by atoms with Gasteiger partial charge in [0.15, 0.2) is 11.9 Å². The molecule has 1 unspecified atom stereocenters. The number of Topliss-reactive ketones (excluding diaryl/α,β-unsaturated/α-hetero) is 1. The van der Waals surface area contributed by atoms with Crippen LogP contribution in [-0.4, -0.2) is 10.7 Å². The van der Waals surface area contributed by atoms with Crippen LogP contribution in [0.1, 0.15) is 52.9 Å². The lowest BCUT2D eigenvalue weighted by molar-refractivity contribution is -0.385. The van der Waals surface area contributed by atoms with Gasteiger partial charge in [0.25, 0.3) is 5.69 Å². The molecule has 0 N–H and O–H groups in total. The van der Waals surface area contributed by atoms with E-state index < -0.39 is 6.10 Å². The quantitative estimate of drug-likeness (QED) is 0.301. The molecule has 3 aromatic carbocycles. The highest BCUT2D eigenvalue weighted by molar-refractivity contribution is 6.14. The van der Waals surface area contributed by atoms with Crippen molar-refractivity contribution in [2.45, 2.75) is 25.9 Å². The second-order valence-electron chi connectivity index (χ2n) is 7.56. The van der Waals surface area contributed by atoms with E-state index in [4.69, 9.17) is 4.74 Å². The molecule has 1 heterocycles. The van der Waals surface area contributed by atoms with Crippen molar-refractivity contribution in [3.63, 3.8) is 0 Å². The molecule has 3 aromatic rings. The average Bonchev–Trinajstić information content (AvgIpc) is 2.76. The van der Waals surface area contributed by atoms with Crippen LogP contribution < -0.4 is 4.74 Å². The van der Waals surface area contributed by atoms with E-state index in [0.29, 0.717) is 28.0 Å². The fraction of sp³-hybridized carbons (Fsp3) is 0.160. The van der Waals surface area contributed by atoms with Crippen molar-refractivity contribution >= 4 is 17.5 Å². The molecule has 1 atom stereocenters. The number of ketones is 1. The Balaban J connectivity index is 1.86. The number of nitro benzene ring substituents is 1. The fourth-order valence-electron chi connectivity index (χ4n) is 3.72. The number of benzene rings is 3. The lowest BCUT2D eigenvalue weighted by Gasteiger charge is -2.28. The van der Waals surface area contributed by atoms with Gasteiger partial charge in [0, 0.05) is 17.2 Å². The smallest absolute Gasteiger partial charge is 0.273 e. The number of hydrogen-bond acceptors (Lipinski definition) is 4. The van der Waals surface area contributed by atoms with Gasteiger partial charge < -0.3 is 4.74 Å². The Kier molecular flexibility index (Phi) is 5.19. The van der Waals surface area contributed by atoms with Gasteiger partial charge in [0.2, 0.25) is 0 Å². The maximum absolute atomic E-state index is 13.3. The Hall–Kier alpha value is -3.73. The van der Waals surface area contributed by atoms with E-state index in [-0.39, 0.29) is 22.3 Å². The molecule has 0 amide bonds. The standard InChI is InChI=1S/C25H21NO4/c1-16(2)19-13-12-17(15-22(19)26(28)29)14-21-24(27)20-10-6-7-11-23(20)30-25(21)18-8-4-3-5-9-18/h3-16,25H,1-2H3/b21-14+. The molecule has 0 aromatic heterocycles. The molecule has 0 bridgehead atoms. The first-order valence-electron chi connectivity index (χ1n) is 9.81. The summed E-state index contributed by atoms with van der Waals surface area (Å²) in [5.74, 6) is 0.423. The highest BCUT2D eigenvalue weighted by Crippen LogP contribution is 2.39. The number of para-hydroxylation sites is 1. The molecule has 0 aliphatic carbocycles. The molecule has 0 radical (unpaired) electrons. The second kappa shape index (κ2) is 7.95. The largest absolute Gasteiger partial charge is 0.480 e. The van der Waals surface area contributed by atoms with Gasteiger partial charge in [-0.3, -0.25) is 14.9 Å². The van der Waals surface area contributed by atoms with Crippen molar-refractivity contribution in [3.8, 4) is 5.75 Å². The second-order valence-corrected chi connectivity index (χ2v) is 7.56. The van der Waals surface area contributed by atoms with Gasteiger partial charge in [-0.2, -0.15) is 0 Å². The number of hydrogen-bond donors (Lipinski definition) is 0. The van der Waals surface area contributed by atoms with Crippen molar-refractivity contribution in [1.29, 1.82) is 0 Å². The van der Waals surface area contributed by atoms with Gasteiger partial charge in [0.05, 0.1) is 10.5 Å². The first-order chi connectivity index (χ1) is 14.5. The molecular weight excluding hydrogens is 378 g/mol. The molecule has 0 spiro atoms. The highest BCUT2D eigenvalue weighted by Gasteiger charge is 2.32. The molecule has 0 saturated heterocycles. The maximum atomic E-state index is 13.3. The van der Waals surface area contributed by atoms with Crippen LogP contribution in [0.5, 0.6) is 5.75 Å². The molecular formula is C25H21NO4. The van der Waals surface area contributed by atoms with Gasteiger partial charge in [-0.25, -0.2) is 0 Å². The predicted octanol–water partition coefficient (Wildman–Crippen LogP) is 6.12. The van der Waals surface area contributed by atoms with Crippen molar-refractivity contribution in [1.82, 2.24) is 0 Å². The minimum absolute atomic E-state index is 0.0238. The third kappa shape index (κ3) is 3.62. The summed E-state index contributed by atoms with van der Waals surface area (Å²) in [6.45, 7) is 3.84. The Morgan fingerprint density at radius 1 is 1.00 bits per heavy atom. The van der Waals surface area contributed by atoms with E-state index in [0.717, 1.165) is 5.56 Å². The highest BCUT2D eigenvalue weighted by atomic mass is 16.6. The first-order valence-corrected chi connectivity index (χ1v) is 9.81. The Bertz CT molecular complexity index is 1150. The summed E-state index contributed by atoms with van der Waals surface area (Å²) in [7, 11) is 0. The van der Waals surface area contributed by atoms with E-state index in [9.17, 15) is 14.9 Å². The molecule has 1 aliphatic rings. The van der Waals surface area contributed by atoms with Crippen LogP contribution in [0.4, 0.5) is 5.69 Å². The molecule has 5 heteroatoms. The van der Waals surface area contributed by atoms with Crippen LogP contribution in [-0.2, 0) is 0 Å². The lowest BCUT2D eigenvalue weighted by atomic mass is 9.89. The average molecular weight is 399 g/mol. The van der Waals surface area contributed by atoms with E-state index in [1.807, 2.05) is 56.3 Å². The van der Waals surface area contributed by atoms with Crippen LogP contribution in [0.2, 0.25) is 0 Å². The lowest BCUT2D eigenvalue weighted by Crippen LogP contribution is -2.23. The van der Waals surface area contributed by atoms with E-state index >= 15 is 0 Å². The SMILES string of the molecule is CC(C)c1ccc(/C=C2\C(=O)c3ccccc3OC2c2ccccc2)cc1[N+](=O)[O-]. The minimum atomic E-state index is -0.586. The van der Waals surface area contributed by atoms with Gasteiger partial charge >= 0.3 is 0 Å². The Labute approximate surface area is 174 Å². The topological polar surface area (TPSA) is 69.4 Å². The van der Waals surface area contributed by atoms with Gasteiger partial charge in [-0.05, 0) is 35.3 Å². The van der Waals surface area contributed by atoms with E-state index in [1.54, 1.807) is 30.3 Å². The number of nitro groups is 1. The monoisotopic (exact) mass is 399 g/mol. The molecule has 150 valence electrons. The normalized spacial score (nSPS) is 17.0. The number of rotatable bonds is 4. The van der Waals surface area contributed by atoms with Gasteiger partial charge in [-0.1, -0.05) is 68.4 Å². The minimum Gasteiger partial charge on any atom is -0.480 e. The van der Waals surface area contributed by atoms with E-state index in [2.05, 4.69) is 0 Å². The zero-order chi connectivity index (χ0) is 21.3. The summed E-state index contributed by atoms with van der Waals surface area (Å²) in [4.78, 5) is 24.5. The summed E-state index contributed by atoms with van der Waals surface area (Å²) in [5, 5.41) is 11.6. The van der Waals surface area contributed by atoms with Crippen molar-refractivity contribution in [3.05, 3.63) is 111 Å². The van der Waals surface area contributed by atoms with Crippen LogP contribution in [0.3, 0.4) is 0 Å². The number of fused-ring (bicyclic) bond motifs is 1. The van der Waals surface area contributed by atoms with Crippen molar-refractivity contribution in [2.24, 2.45) is 0 Å². The maximum Gasteiger partial charge on any atom is 0.273 e. The predicted molar refractivity (Wildman–Crippen MR) is 116 cm³/mol. The third-order valence-corrected chi connectivity index (χ3v) is 5.22. The number of ether oxygens (including phenoxy) is 1. The van der Waals surface area contributed by atoms with Gasteiger partial charge in [0.1, 0.15) is 5.75 Å². The number of carbonyl (C=O) groups is 1. The summed E-state index contributed by atoms with van der Waals surface area (Å²) in [6, 6.07) is 21.7. The van der Waals surface area contributed by atoms with E-state index in [1.165, 1.54) is 6.07 Å². The molecule has 5 nitrogen and oxygen atoms in total. The summed E-state index contributed by atoms with van der Waals surface area (Å²) < 4.78 is 6.19. The summed E-state index contributed by atoms with van der Waals surface area (Å²) in [5.41, 5.74) is 3.10. The molecule has 0 saturated carbocycles. The Morgan fingerprint density at radius 3 is 2.40 bits per heavy atom. The summed E-state index contributed by atoms with van der Waals surface area (Å²) >= 11 is 0. The van der Waals surface area contributed by atoms with Crippen LogP contribution in [0.15, 0.2) is 78.4 Å². The molecule has 1 aliphatic heterocycles. The zero-order valence-electron chi connectivity index (χ0n) is 16.7. The Morgan fingerprint density at radius 2 is 1.70 bits per heavy atom. The summed E-state index contributed by atoms with van der Waals surface area (Å²) in [6.07, 6.45) is 1.12. The zero-order valence-corrected chi connectivity index (χ0v) is 16.7. The first kappa shape index (κ1) is 19.6. The van der Waals surface area contributed by atoms with Crippen LogP contribution in [0.25, 0.3) is 6.08 Å². The molecule has 0 fully saturated rings. The molecule has 4 rings (SSSR count). The third-order valence-electron chi connectivity index (χ3n) is 5.22. The molecule has 30 heavy (non-hydrogen) atoms. The van der Waals surface area contributed by atoms with Crippen molar-refractivity contribution < 1.29 is 14.5 Å². The number of carbonyl (C=O) groups excluding carboxylic acids is 1. The fourth-order valence-corrected chi connectivity index (χ4v) is 3.72. The van der Waals surface area contributed by atoms with Crippen molar-refractivity contribution in [2.75, 3.05) is 0 Å². The van der Waals surface area contributed by atoms with Crippen LogP contribution in [0, 0.1) is 10.1 Å². The van der Waals surface area contributed by atoms with Gasteiger partial charge in [-0.15, -0.1) is 0 Å². The number of nitrogens with zero attached hydrogens (tertiary/aromatic N) is 1. The van der Waals surface area contributed by atoms with Crippen LogP contribution >= 0.6 is 0 Å².